The second-order valence-corrected chi connectivity index (χ2v) is 7.68. The van der Waals surface area contributed by atoms with Crippen molar-refractivity contribution in [1.82, 2.24) is 5.32 Å². The Labute approximate surface area is 134 Å². The third-order valence-corrected chi connectivity index (χ3v) is 4.52. The molecule has 3 nitrogen and oxygen atoms in total. The predicted molar refractivity (Wildman–Crippen MR) is 89.8 cm³/mol. The van der Waals surface area contributed by atoms with Gasteiger partial charge in [-0.1, -0.05) is 45.0 Å². The molecule has 2 atom stereocenters. The minimum atomic E-state index is -0.122. The number of hydrogen-bond donors (Lipinski definition) is 2. The molecule has 0 saturated carbocycles. The Morgan fingerprint density at radius 3 is 2.77 bits per heavy atom. The molecule has 1 amide bonds. The number of nitrogens with one attached hydrogen (secondary N) is 1. The van der Waals surface area contributed by atoms with E-state index in [1.807, 2.05) is 0 Å². The van der Waals surface area contributed by atoms with Gasteiger partial charge in [0.2, 0.25) is 5.91 Å². The molecule has 2 N–H and O–H groups in total. The van der Waals surface area contributed by atoms with Gasteiger partial charge in [-0.05, 0) is 48.1 Å². The van der Waals surface area contributed by atoms with Crippen molar-refractivity contribution in [2.75, 3.05) is 6.61 Å². The molecule has 1 aromatic carbocycles. The van der Waals surface area contributed by atoms with Gasteiger partial charge in [0.05, 0.1) is 12.6 Å². The van der Waals surface area contributed by atoms with Crippen molar-refractivity contribution >= 4 is 5.91 Å². The summed E-state index contributed by atoms with van der Waals surface area (Å²) in [5.74, 6) is 0.396. The summed E-state index contributed by atoms with van der Waals surface area (Å²) in [6.07, 6.45) is 4.47. The third-order valence-electron chi connectivity index (χ3n) is 4.52. The van der Waals surface area contributed by atoms with Crippen LogP contribution in [-0.2, 0) is 11.2 Å². The molecule has 0 bridgehead atoms. The van der Waals surface area contributed by atoms with Crippen LogP contribution in [0.25, 0.3) is 0 Å². The van der Waals surface area contributed by atoms with E-state index in [1.54, 1.807) is 0 Å². The van der Waals surface area contributed by atoms with Crippen LogP contribution in [-0.4, -0.2) is 23.7 Å². The first-order valence-corrected chi connectivity index (χ1v) is 8.37. The molecule has 1 aromatic rings. The number of rotatable bonds is 6. The molecule has 1 aliphatic carbocycles. The first-order valence-electron chi connectivity index (χ1n) is 8.37. The van der Waals surface area contributed by atoms with E-state index in [-0.39, 0.29) is 24.0 Å². The molecule has 3 heteroatoms. The molecule has 0 fully saturated rings. The fourth-order valence-corrected chi connectivity index (χ4v) is 3.18. The first-order chi connectivity index (χ1) is 10.4. The maximum atomic E-state index is 12.3. The van der Waals surface area contributed by atoms with Crippen LogP contribution in [0.2, 0.25) is 0 Å². The van der Waals surface area contributed by atoms with Gasteiger partial charge in [0, 0.05) is 6.42 Å². The quantitative estimate of drug-likeness (QED) is 0.846. The van der Waals surface area contributed by atoms with E-state index < -0.39 is 0 Å². The number of fused-ring (bicyclic) bond motifs is 1. The summed E-state index contributed by atoms with van der Waals surface area (Å²) < 4.78 is 0. The van der Waals surface area contributed by atoms with E-state index in [9.17, 15) is 9.90 Å². The zero-order valence-corrected chi connectivity index (χ0v) is 14.1. The number of carbonyl (C=O) groups is 1. The van der Waals surface area contributed by atoms with Crippen LogP contribution in [0.3, 0.4) is 0 Å². The normalized spacial score (nSPS) is 18.8. The summed E-state index contributed by atoms with van der Waals surface area (Å²) >= 11 is 0. The molecule has 0 unspecified atom stereocenters. The van der Waals surface area contributed by atoms with Gasteiger partial charge in [-0.2, -0.15) is 0 Å². The Balaban J connectivity index is 1.85. The smallest absolute Gasteiger partial charge is 0.220 e. The van der Waals surface area contributed by atoms with E-state index >= 15 is 0 Å². The number of amides is 1. The zero-order chi connectivity index (χ0) is 16.2. The van der Waals surface area contributed by atoms with E-state index in [0.29, 0.717) is 12.3 Å². The van der Waals surface area contributed by atoms with Crippen molar-refractivity contribution in [3.63, 3.8) is 0 Å². The largest absolute Gasteiger partial charge is 0.394 e. The standard InChI is InChI=1S/C19H29NO2/c1-19(2,3)11-10-16(13-21)20-18(22)12-15-9-8-14-6-4-5-7-17(14)15/h4-7,15-16,21H,8-13H2,1-3H3,(H,20,22)/t15-,16+/m0/s1. The first kappa shape index (κ1) is 17.0. The van der Waals surface area contributed by atoms with Gasteiger partial charge in [0.25, 0.3) is 0 Å². The fourth-order valence-electron chi connectivity index (χ4n) is 3.18. The lowest BCUT2D eigenvalue weighted by atomic mass is 9.88. The van der Waals surface area contributed by atoms with Crippen molar-refractivity contribution in [2.45, 2.75) is 64.8 Å². The lowest BCUT2D eigenvalue weighted by molar-refractivity contribution is -0.122. The Bertz CT molecular complexity index is 504. The summed E-state index contributed by atoms with van der Waals surface area (Å²) in [6, 6.07) is 8.30. The molecule has 0 saturated heterocycles. The Morgan fingerprint density at radius 1 is 1.36 bits per heavy atom. The average molecular weight is 303 g/mol. The monoisotopic (exact) mass is 303 g/mol. The van der Waals surface area contributed by atoms with Crippen LogP contribution in [0.15, 0.2) is 24.3 Å². The van der Waals surface area contributed by atoms with Gasteiger partial charge in [0.1, 0.15) is 0 Å². The van der Waals surface area contributed by atoms with Crippen molar-refractivity contribution in [2.24, 2.45) is 5.41 Å². The summed E-state index contributed by atoms with van der Waals surface area (Å²) in [7, 11) is 0. The van der Waals surface area contributed by atoms with Crippen LogP contribution in [0.4, 0.5) is 0 Å². The highest BCUT2D eigenvalue weighted by atomic mass is 16.3. The second kappa shape index (κ2) is 7.28. The second-order valence-electron chi connectivity index (χ2n) is 7.68. The molecule has 1 aliphatic rings. The van der Waals surface area contributed by atoms with Crippen LogP contribution in [0.5, 0.6) is 0 Å². The summed E-state index contributed by atoms with van der Waals surface area (Å²) in [5, 5.41) is 12.5. The molecule has 0 spiro atoms. The van der Waals surface area contributed by atoms with Crippen LogP contribution in [0, 0.1) is 5.41 Å². The minimum absolute atomic E-state index is 0.0169. The molecule has 122 valence electrons. The van der Waals surface area contributed by atoms with Gasteiger partial charge >= 0.3 is 0 Å². The Morgan fingerprint density at radius 2 is 2.09 bits per heavy atom. The van der Waals surface area contributed by atoms with Crippen molar-refractivity contribution in [3.8, 4) is 0 Å². The number of aliphatic hydroxyl groups is 1. The summed E-state index contributed by atoms with van der Waals surface area (Å²) in [6.45, 7) is 6.55. The van der Waals surface area contributed by atoms with Gasteiger partial charge < -0.3 is 10.4 Å². The topological polar surface area (TPSA) is 49.3 Å². The fraction of sp³-hybridized carbons (Fsp3) is 0.632. The highest BCUT2D eigenvalue weighted by molar-refractivity contribution is 5.77. The van der Waals surface area contributed by atoms with Crippen molar-refractivity contribution in [3.05, 3.63) is 35.4 Å². The average Bonchev–Trinajstić information content (AvgIpc) is 2.86. The van der Waals surface area contributed by atoms with E-state index in [0.717, 1.165) is 25.7 Å². The Kier molecular flexibility index (Phi) is 5.63. The van der Waals surface area contributed by atoms with Crippen molar-refractivity contribution < 1.29 is 9.90 Å². The number of hydrogen-bond acceptors (Lipinski definition) is 2. The Hall–Kier alpha value is -1.35. The number of carbonyl (C=O) groups excluding carboxylic acids is 1. The molecule has 0 radical (unpaired) electrons. The number of aliphatic hydroxyl groups excluding tert-OH is 1. The maximum absolute atomic E-state index is 12.3. The van der Waals surface area contributed by atoms with E-state index in [4.69, 9.17) is 0 Å². The molecule has 22 heavy (non-hydrogen) atoms. The molecule has 0 aliphatic heterocycles. The molecular formula is C19H29NO2. The number of aryl methyl sites for hydroxylation is 1. The molecule has 0 heterocycles. The van der Waals surface area contributed by atoms with Crippen LogP contribution >= 0.6 is 0 Å². The number of benzene rings is 1. The van der Waals surface area contributed by atoms with Gasteiger partial charge in [-0.25, -0.2) is 0 Å². The molecule has 2 rings (SSSR count). The van der Waals surface area contributed by atoms with Gasteiger partial charge in [0.15, 0.2) is 0 Å². The predicted octanol–water partition coefficient (Wildman–Crippen LogP) is 3.41. The van der Waals surface area contributed by atoms with Gasteiger partial charge in [-0.15, -0.1) is 0 Å². The third kappa shape index (κ3) is 4.84. The lowest BCUT2D eigenvalue weighted by Crippen LogP contribution is -2.38. The minimum Gasteiger partial charge on any atom is -0.394 e. The SMILES string of the molecule is CC(C)(C)CC[C@H](CO)NC(=O)C[C@@H]1CCc2ccccc21. The highest BCUT2D eigenvalue weighted by Crippen LogP contribution is 2.35. The van der Waals surface area contributed by atoms with E-state index in [1.165, 1.54) is 11.1 Å². The highest BCUT2D eigenvalue weighted by Gasteiger charge is 2.25. The molecule has 0 aromatic heterocycles. The van der Waals surface area contributed by atoms with Gasteiger partial charge in [-0.3, -0.25) is 4.79 Å². The van der Waals surface area contributed by atoms with Crippen molar-refractivity contribution in [1.29, 1.82) is 0 Å². The van der Waals surface area contributed by atoms with Crippen LogP contribution in [0.1, 0.15) is 63.5 Å². The maximum Gasteiger partial charge on any atom is 0.220 e. The van der Waals surface area contributed by atoms with Crippen LogP contribution < -0.4 is 5.32 Å². The zero-order valence-electron chi connectivity index (χ0n) is 14.1. The van der Waals surface area contributed by atoms with E-state index in [2.05, 4.69) is 50.4 Å². The summed E-state index contributed by atoms with van der Waals surface area (Å²) in [4.78, 5) is 12.3. The molecular weight excluding hydrogens is 274 g/mol. The summed E-state index contributed by atoms with van der Waals surface area (Å²) in [5.41, 5.74) is 2.93. The lowest BCUT2D eigenvalue weighted by Gasteiger charge is -2.23.